The number of ether oxygens (including phenoxy) is 1. The zero-order chi connectivity index (χ0) is 49.3. The van der Waals surface area contributed by atoms with Gasteiger partial charge in [-0.1, -0.05) is 296 Å². The Morgan fingerprint density at radius 2 is 0.691 bits per heavy atom. The van der Waals surface area contributed by atoms with Gasteiger partial charge in [0.15, 0.2) is 0 Å². The molecule has 3 N–H and O–H groups in total. The third-order valence-corrected chi connectivity index (χ3v) is 14.6. The van der Waals surface area contributed by atoms with Crippen LogP contribution in [0.1, 0.15) is 348 Å². The van der Waals surface area contributed by atoms with Gasteiger partial charge in [-0.25, -0.2) is 0 Å². The SMILES string of the molecule is CCCCC/C=C\CCCCCCCC(=O)OCCCCCCCCCCCCCCCCCC(=O)NC(CO)C(O)CCCCCCCCCCCCCCCCCCCCCCCCCC. The zero-order valence-corrected chi connectivity index (χ0v) is 46.1. The average molecular weight is 961 g/mol. The van der Waals surface area contributed by atoms with E-state index in [-0.39, 0.29) is 18.5 Å². The fraction of sp³-hybridized carbons (Fsp3) is 0.935. The molecule has 0 aromatic rings. The Labute approximate surface area is 425 Å². The van der Waals surface area contributed by atoms with Crippen molar-refractivity contribution >= 4 is 11.9 Å². The summed E-state index contributed by atoms with van der Waals surface area (Å²) in [5, 5.41) is 23.4. The van der Waals surface area contributed by atoms with Gasteiger partial charge in [-0.2, -0.15) is 0 Å². The molecular formula is C62H121NO5. The number of unbranched alkanes of at least 4 members (excludes halogenated alkanes) is 45. The fourth-order valence-corrected chi connectivity index (χ4v) is 9.81. The van der Waals surface area contributed by atoms with Crippen LogP contribution in [0.3, 0.4) is 0 Å². The summed E-state index contributed by atoms with van der Waals surface area (Å²) >= 11 is 0. The molecule has 0 fully saturated rings. The summed E-state index contributed by atoms with van der Waals surface area (Å²) in [7, 11) is 0. The van der Waals surface area contributed by atoms with Gasteiger partial charge in [0.25, 0.3) is 0 Å². The maximum atomic E-state index is 12.5. The molecule has 0 radical (unpaired) electrons. The monoisotopic (exact) mass is 960 g/mol. The summed E-state index contributed by atoms with van der Waals surface area (Å²) in [4.78, 5) is 24.5. The molecule has 2 unspecified atom stereocenters. The largest absolute Gasteiger partial charge is 0.466 e. The quantitative estimate of drug-likeness (QED) is 0.0321. The van der Waals surface area contributed by atoms with Crippen LogP contribution in [0, 0.1) is 0 Å². The van der Waals surface area contributed by atoms with Crippen LogP contribution >= 0.6 is 0 Å². The number of hydrogen-bond acceptors (Lipinski definition) is 5. The summed E-state index contributed by atoms with van der Waals surface area (Å²) in [6.45, 7) is 4.94. The first kappa shape index (κ1) is 66.6. The Bertz CT molecular complexity index is 1020. The maximum absolute atomic E-state index is 12.5. The van der Waals surface area contributed by atoms with Gasteiger partial charge in [-0.15, -0.1) is 0 Å². The Kier molecular flexibility index (Phi) is 57.0. The average Bonchev–Trinajstić information content (AvgIpc) is 3.34. The van der Waals surface area contributed by atoms with E-state index in [0.717, 1.165) is 51.4 Å². The predicted molar refractivity (Wildman–Crippen MR) is 297 cm³/mol. The minimum atomic E-state index is -0.671. The van der Waals surface area contributed by atoms with Gasteiger partial charge in [0, 0.05) is 12.8 Å². The third-order valence-electron chi connectivity index (χ3n) is 14.6. The van der Waals surface area contributed by atoms with E-state index in [1.807, 2.05) is 0 Å². The summed E-state index contributed by atoms with van der Waals surface area (Å²) in [5.74, 6) is -0.0478. The second-order valence-corrected chi connectivity index (χ2v) is 21.4. The van der Waals surface area contributed by atoms with Crippen molar-refractivity contribution in [2.24, 2.45) is 0 Å². The fourth-order valence-electron chi connectivity index (χ4n) is 9.81. The molecule has 0 saturated carbocycles. The number of esters is 1. The molecule has 0 spiro atoms. The minimum Gasteiger partial charge on any atom is -0.466 e. The van der Waals surface area contributed by atoms with Crippen LogP contribution in [0.15, 0.2) is 12.2 Å². The van der Waals surface area contributed by atoms with Gasteiger partial charge < -0.3 is 20.3 Å². The van der Waals surface area contributed by atoms with Gasteiger partial charge in [0.1, 0.15) is 0 Å². The number of carbonyl (C=O) groups is 2. The molecule has 0 aliphatic carbocycles. The normalized spacial score (nSPS) is 12.6. The van der Waals surface area contributed by atoms with E-state index in [1.54, 1.807) is 0 Å². The lowest BCUT2D eigenvalue weighted by molar-refractivity contribution is -0.143. The van der Waals surface area contributed by atoms with E-state index in [2.05, 4.69) is 31.3 Å². The molecule has 6 heteroatoms. The van der Waals surface area contributed by atoms with Crippen LogP contribution in [-0.2, 0) is 14.3 Å². The molecule has 0 aromatic carbocycles. The van der Waals surface area contributed by atoms with Crippen LogP contribution in [0.2, 0.25) is 0 Å². The van der Waals surface area contributed by atoms with E-state index in [0.29, 0.717) is 25.9 Å². The first-order valence-corrected chi connectivity index (χ1v) is 30.9. The Morgan fingerprint density at radius 3 is 1.07 bits per heavy atom. The lowest BCUT2D eigenvalue weighted by Crippen LogP contribution is -2.45. The predicted octanol–water partition coefficient (Wildman–Crippen LogP) is 19.2. The van der Waals surface area contributed by atoms with Gasteiger partial charge >= 0.3 is 5.97 Å². The second kappa shape index (κ2) is 58.2. The van der Waals surface area contributed by atoms with Gasteiger partial charge in [0.2, 0.25) is 5.91 Å². The molecule has 2 atom stereocenters. The summed E-state index contributed by atoms with van der Waals surface area (Å²) in [5.41, 5.74) is 0. The van der Waals surface area contributed by atoms with E-state index in [9.17, 15) is 19.8 Å². The number of nitrogens with one attached hydrogen (secondary N) is 1. The number of aliphatic hydroxyl groups excluding tert-OH is 2. The van der Waals surface area contributed by atoms with Crippen molar-refractivity contribution in [3.63, 3.8) is 0 Å². The zero-order valence-electron chi connectivity index (χ0n) is 46.1. The summed E-state index contributed by atoms with van der Waals surface area (Å²) < 4.78 is 5.46. The van der Waals surface area contributed by atoms with Gasteiger partial charge in [-0.3, -0.25) is 9.59 Å². The molecule has 68 heavy (non-hydrogen) atoms. The highest BCUT2D eigenvalue weighted by molar-refractivity contribution is 5.76. The van der Waals surface area contributed by atoms with Crippen LogP contribution in [0.4, 0.5) is 0 Å². The molecule has 0 aromatic heterocycles. The molecule has 0 heterocycles. The van der Waals surface area contributed by atoms with E-state index in [4.69, 9.17) is 4.74 Å². The molecular weight excluding hydrogens is 839 g/mol. The minimum absolute atomic E-state index is 0.00826. The highest BCUT2D eigenvalue weighted by atomic mass is 16.5. The molecule has 6 nitrogen and oxygen atoms in total. The molecule has 1 amide bonds. The summed E-state index contributed by atoms with van der Waals surface area (Å²) in [6, 6.07) is -0.549. The number of hydrogen-bond donors (Lipinski definition) is 3. The lowest BCUT2D eigenvalue weighted by Gasteiger charge is -2.22. The van der Waals surface area contributed by atoms with Crippen molar-refractivity contribution in [1.29, 1.82) is 0 Å². The number of carbonyl (C=O) groups excluding carboxylic acids is 2. The first-order valence-electron chi connectivity index (χ1n) is 30.9. The first-order chi connectivity index (χ1) is 33.5. The Balaban J connectivity index is 3.43. The number of aliphatic hydroxyl groups is 2. The number of rotatable bonds is 58. The van der Waals surface area contributed by atoms with Crippen molar-refractivity contribution in [3.05, 3.63) is 12.2 Å². The smallest absolute Gasteiger partial charge is 0.305 e. The third kappa shape index (κ3) is 53.9. The lowest BCUT2D eigenvalue weighted by atomic mass is 10.0. The Hall–Kier alpha value is -1.40. The maximum Gasteiger partial charge on any atom is 0.305 e. The van der Waals surface area contributed by atoms with Crippen molar-refractivity contribution in [1.82, 2.24) is 5.32 Å². The molecule has 0 rings (SSSR count). The Morgan fingerprint density at radius 1 is 0.397 bits per heavy atom. The standard InChI is InChI=1S/C62H121NO5/c1-3-5-7-9-11-13-15-17-18-19-20-21-22-23-24-25-26-28-31-34-38-42-46-50-54-60(65)59(58-64)63-61(66)55-51-47-43-39-35-32-29-27-30-33-37-41-45-49-53-57-68-62(67)56-52-48-44-40-36-16-14-12-10-8-6-4-2/h12,14,59-60,64-65H,3-11,13,15-58H2,1-2H3,(H,63,66)/b14-12-. The topological polar surface area (TPSA) is 95.9 Å². The van der Waals surface area contributed by atoms with Crippen LogP contribution in [0.5, 0.6) is 0 Å². The molecule has 404 valence electrons. The van der Waals surface area contributed by atoms with Crippen LogP contribution in [-0.4, -0.2) is 47.4 Å². The van der Waals surface area contributed by atoms with Gasteiger partial charge in [0.05, 0.1) is 25.4 Å². The number of amides is 1. The van der Waals surface area contributed by atoms with E-state index < -0.39 is 12.1 Å². The van der Waals surface area contributed by atoms with Crippen molar-refractivity contribution in [3.8, 4) is 0 Å². The van der Waals surface area contributed by atoms with Crippen LogP contribution < -0.4 is 5.32 Å². The number of allylic oxidation sites excluding steroid dienone is 2. The van der Waals surface area contributed by atoms with E-state index in [1.165, 1.54) is 263 Å². The van der Waals surface area contributed by atoms with Crippen molar-refractivity contribution < 1.29 is 24.5 Å². The molecule has 0 aliphatic rings. The molecule has 0 bridgehead atoms. The van der Waals surface area contributed by atoms with Gasteiger partial charge in [-0.05, 0) is 51.4 Å². The highest BCUT2D eigenvalue weighted by Crippen LogP contribution is 2.18. The van der Waals surface area contributed by atoms with Crippen LogP contribution in [0.25, 0.3) is 0 Å². The van der Waals surface area contributed by atoms with Crippen molar-refractivity contribution in [2.75, 3.05) is 13.2 Å². The molecule has 0 aliphatic heterocycles. The highest BCUT2D eigenvalue weighted by Gasteiger charge is 2.20. The van der Waals surface area contributed by atoms with Crippen molar-refractivity contribution in [2.45, 2.75) is 360 Å². The van der Waals surface area contributed by atoms with E-state index >= 15 is 0 Å². The molecule has 0 saturated heterocycles. The second-order valence-electron chi connectivity index (χ2n) is 21.4. The summed E-state index contributed by atoms with van der Waals surface area (Å²) in [6.07, 6.45) is 69.3.